The molecule has 596 valence electrons. The smallest absolute Gasteiger partial charge is 0.0506 e. The highest BCUT2D eigenvalue weighted by molar-refractivity contribution is 6.27. The predicted molar refractivity (Wildman–Crippen MR) is 532 cm³/mol. The van der Waals surface area contributed by atoms with Gasteiger partial charge in [-0.05, 0) is 339 Å². The summed E-state index contributed by atoms with van der Waals surface area (Å²) in [5.74, 6) is 0. The van der Waals surface area contributed by atoms with E-state index < -0.39 is 0 Å². The molecule has 0 saturated carbocycles. The second-order valence-electron chi connectivity index (χ2n) is 38.4. The number of anilines is 12. The van der Waals surface area contributed by atoms with Crippen molar-refractivity contribution in [3.8, 4) is 22.3 Å². The van der Waals surface area contributed by atoms with Gasteiger partial charge >= 0.3 is 0 Å². The summed E-state index contributed by atoms with van der Waals surface area (Å²) < 4.78 is 0. The van der Waals surface area contributed by atoms with Crippen LogP contribution in [0.4, 0.5) is 68.2 Å². The maximum Gasteiger partial charge on any atom is 0.0506 e. The normalized spacial score (nSPS) is 15.4. The molecule has 0 amide bonds. The second-order valence-corrected chi connectivity index (χ2v) is 38.4. The molecule has 125 heavy (non-hydrogen) atoms. The van der Waals surface area contributed by atoms with E-state index in [1.54, 1.807) is 0 Å². The molecule has 0 spiro atoms. The summed E-state index contributed by atoms with van der Waals surface area (Å²) in [6, 6.07) is 142. The molecule has 4 nitrogen and oxygen atoms in total. The first-order chi connectivity index (χ1) is 60.7. The first-order valence-electron chi connectivity index (χ1n) is 44.4. The van der Waals surface area contributed by atoms with Crippen LogP contribution in [0, 0.1) is 0 Å². The van der Waals surface area contributed by atoms with E-state index in [2.05, 4.69) is 465 Å². The van der Waals surface area contributed by atoms with Crippen molar-refractivity contribution in [1.29, 1.82) is 0 Å². The van der Waals surface area contributed by atoms with Gasteiger partial charge in [-0.15, -0.1) is 0 Å². The maximum absolute atomic E-state index is 2.57. The second kappa shape index (κ2) is 26.2. The zero-order chi connectivity index (χ0) is 84.1. The van der Waals surface area contributed by atoms with Gasteiger partial charge in [0.15, 0.2) is 0 Å². The van der Waals surface area contributed by atoms with Gasteiger partial charge in [0.05, 0.1) is 34.1 Å². The lowest BCUT2D eigenvalue weighted by molar-refractivity contribution is 0.627. The SMILES string of the molecule is CC1(C)c2cc3c(cc2-c2cc4cc5ccccc5cc4cc21)C(C)(C)c1ccccc1N3c1ccc2cc3cc(N4c5ccccc5C(C)(C)c5ccccc54)ccc3cc2c1.CC1(C)c2ccccc2N(c2ccc3c(ccc4cc(N(c5ccccc5)c5ccccc5)ccc43)c2)c2cc3c(cc21)-c1c(cc2ccc4cccc5ccc1c2c45)C3(C)C. The molecule has 0 radical (unpaired) electrons. The van der Waals surface area contributed by atoms with Crippen molar-refractivity contribution < 1.29 is 0 Å². The molecule has 3 heterocycles. The first kappa shape index (κ1) is 73.2. The molecule has 0 N–H and O–H groups in total. The van der Waals surface area contributed by atoms with E-state index >= 15 is 0 Å². The topological polar surface area (TPSA) is 13.0 Å². The quantitative estimate of drug-likeness (QED) is 0.121. The fourth-order valence-electron chi connectivity index (χ4n) is 23.3. The van der Waals surface area contributed by atoms with E-state index in [9.17, 15) is 0 Å². The van der Waals surface area contributed by atoms with Crippen molar-refractivity contribution >= 4 is 165 Å². The number of rotatable bonds is 6. The van der Waals surface area contributed by atoms with Crippen molar-refractivity contribution in [2.24, 2.45) is 0 Å². The lowest BCUT2D eigenvalue weighted by Gasteiger charge is -2.43. The average molecular weight is 1600 g/mol. The van der Waals surface area contributed by atoms with Crippen LogP contribution in [0.15, 0.2) is 376 Å². The van der Waals surface area contributed by atoms with Crippen LogP contribution >= 0.6 is 0 Å². The van der Waals surface area contributed by atoms with Crippen LogP contribution in [-0.4, -0.2) is 0 Å². The average Bonchev–Trinajstić information content (AvgIpc) is 1.54. The van der Waals surface area contributed by atoms with Gasteiger partial charge in [-0.25, -0.2) is 0 Å². The minimum Gasteiger partial charge on any atom is -0.310 e. The summed E-state index contributed by atoms with van der Waals surface area (Å²) in [5, 5.41) is 23.1. The lowest BCUT2D eigenvalue weighted by Crippen LogP contribution is -2.31. The Morgan fingerprint density at radius 3 is 1.05 bits per heavy atom. The van der Waals surface area contributed by atoms with Gasteiger partial charge in [0.1, 0.15) is 0 Å². The highest BCUT2D eigenvalue weighted by Gasteiger charge is 2.46. The molecular weight excluding hydrogens is 1510 g/mol. The van der Waals surface area contributed by atoms with Crippen molar-refractivity contribution in [3.05, 3.63) is 432 Å². The first-order valence-corrected chi connectivity index (χ1v) is 44.4. The zero-order valence-electron chi connectivity index (χ0n) is 72.1. The largest absolute Gasteiger partial charge is 0.310 e. The zero-order valence-corrected chi connectivity index (χ0v) is 72.1. The molecule has 0 saturated heterocycles. The van der Waals surface area contributed by atoms with E-state index in [0.29, 0.717) is 0 Å². The Morgan fingerprint density at radius 1 is 0.176 bits per heavy atom. The third-order valence-electron chi connectivity index (χ3n) is 29.7. The van der Waals surface area contributed by atoms with Crippen LogP contribution in [-0.2, 0) is 27.1 Å². The third kappa shape index (κ3) is 10.6. The molecule has 0 fully saturated rings. The van der Waals surface area contributed by atoms with E-state index in [-0.39, 0.29) is 27.1 Å². The molecule has 0 atom stereocenters. The monoisotopic (exact) mass is 1600 g/mol. The predicted octanol–water partition coefficient (Wildman–Crippen LogP) is 33.6. The van der Waals surface area contributed by atoms with Crippen LogP contribution in [0.1, 0.15) is 125 Å². The van der Waals surface area contributed by atoms with Gasteiger partial charge in [-0.3, -0.25) is 0 Å². The van der Waals surface area contributed by atoms with E-state index in [0.717, 1.165) is 17.1 Å². The van der Waals surface area contributed by atoms with Crippen LogP contribution in [0.25, 0.3) is 119 Å². The number of fused-ring (bicyclic) bond motifs is 20. The number of benzene rings is 21. The van der Waals surface area contributed by atoms with E-state index in [4.69, 9.17) is 0 Å². The lowest BCUT2D eigenvalue weighted by atomic mass is 9.71. The summed E-state index contributed by atoms with van der Waals surface area (Å²) in [4.78, 5) is 9.87. The van der Waals surface area contributed by atoms with E-state index in [1.807, 2.05) is 0 Å². The summed E-state index contributed by atoms with van der Waals surface area (Å²) in [6.45, 7) is 24.0. The maximum atomic E-state index is 2.57. The van der Waals surface area contributed by atoms with Crippen molar-refractivity contribution in [2.75, 3.05) is 19.6 Å². The fourth-order valence-corrected chi connectivity index (χ4v) is 23.3. The van der Waals surface area contributed by atoms with Crippen molar-refractivity contribution in [2.45, 2.75) is 96.3 Å². The molecule has 2 aliphatic carbocycles. The molecule has 3 aliphatic heterocycles. The molecule has 21 aromatic rings. The van der Waals surface area contributed by atoms with Crippen LogP contribution < -0.4 is 19.6 Å². The third-order valence-corrected chi connectivity index (χ3v) is 29.7. The van der Waals surface area contributed by atoms with Crippen LogP contribution in [0.2, 0.25) is 0 Å². The van der Waals surface area contributed by atoms with Crippen molar-refractivity contribution in [1.82, 2.24) is 0 Å². The van der Waals surface area contributed by atoms with Gasteiger partial charge in [0, 0.05) is 61.2 Å². The Kier molecular flexibility index (Phi) is 15.4. The summed E-state index contributed by atoms with van der Waals surface area (Å²) >= 11 is 0. The number of hydrogen-bond donors (Lipinski definition) is 0. The Bertz CT molecular complexity index is 8120. The van der Waals surface area contributed by atoms with Gasteiger partial charge in [-0.2, -0.15) is 0 Å². The Hall–Kier alpha value is -14.6. The van der Waals surface area contributed by atoms with Crippen LogP contribution in [0.5, 0.6) is 0 Å². The van der Waals surface area contributed by atoms with Crippen molar-refractivity contribution in [3.63, 3.8) is 0 Å². The number of nitrogens with zero attached hydrogens (tertiary/aromatic N) is 4. The summed E-state index contributed by atoms with van der Waals surface area (Å²) in [6.07, 6.45) is 0. The van der Waals surface area contributed by atoms with Crippen LogP contribution in [0.3, 0.4) is 0 Å². The number of para-hydroxylation sites is 6. The minimum absolute atomic E-state index is 0.0914. The molecule has 4 heteroatoms. The highest BCUT2D eigenvalue weighted by atomic mass is 15.2. The highest BCUT2D eigenvalue weighted by Crippen LogP contribution is 2.63. The summed E-state index contributed by atoms with van der Waals surface area (Å²) in [7, 11) is 0. The van der Waals surface area contributed by atoms with Gasteiger partial charge < -0.3 is 19.6 Å². The molecule has 0 bridgehead atoms. The Morgan fingerprint density at radius 2 is 0.512 bits per heavy atom. The number of hydrogen-bond acceptors (Lipinski definition) is 4. The molecule has 0 aromatic heterocycles. The molecule has 26 rings (SSSR count). The molecule has 5 aliphatic rings. The van der Waals surface area contributed by atoms with Gasteiger partial charge in [0.2, 0.25) is 0 Å². The van der Waals surface area contributed by atoms with E-state index in [1.165, 1.54) is 226 Å². The molecule has 0 unspecified atom stereocenters. The molecule has 21 aromatic carbocycles. The molecular formula is C121H92N4. The minimum atomic E-state index is -0.216. The Balaban J connectivity index is 0.000000137. The summed E-state index contributed by atoms with van der Waals surface area (Å²) in [5.41, 5.74) is 32.8. The van der Waals surface area contributed by atoms with Gasteiger partial charge in [-0.1, -0.05) is 282 Å². The Labute approximate surface area is 730 Å². The fraction of sp³-hybridized carbons (Fsp3) is 0.124. The van der Waals surface area contributed by atoms with Gasteiger partial charge in [0.25, 0.3) is 0 Å². The standard InChI is InChI=1S/C61H48N2.C60H44N2/c1-59(2)49-17-9-12-20-55(49)62(56-21-13-10-18-50(56)59)45-25-23-39-30-42-32-46(26-24-40(42)29-41(39)31-45)63-57-22-14-11-19-51(57)60(3,4)54-35-48-47-33-43-27-37-15-7-8-16-38(37)28-44(43)34-52(47)61(5,6)53(48)36-58(54)63;1-59(2)50-20-11-12-21-54(50)62(45-28-31-47-40(33-45)24-23-39-32-44(27-30-46(39)47)61(42-16-7-5-8-17-42)43-18-9-6-10-19-43)55-36-51-49(35-52(55)59)58-48-29-26-38-15-13-14-37-22-25-41(57(48)56(37)38)34-53(58)60(51,3)4/h7-36H,1-6H3;5-36H,1-4H3.